The van der Waals surface area contributed by atoms with Crippen LogP contribution in [0.25, 0.3) is 11.4 Å². The van der Waals surface area contributed by atoms with Crippen LogP contribution >= 0.6 is 11.6 Å². The van der Waals surface area contributed by atoms with E-state index in [2.05, 4.69) is 25.0 Å². The van der Waals surface area contributed by atoms with E-state index in [1.165, 1.54) is 0 Å². The summed E-state index contributed by atoms with van der Waals surface area (Å²) >= 11 is 5.92. The van der Waals surface area contributed by atoms with Crippen molar-refractivity contribution in [3.63, 3.8) is 0 Å². The monoisotopic (exact) mass is 341 g/mol. The first kappa shape index (κ1) is 15.1. The number of anilines is 1. The molecule has 0 bridgehead atoms. The molecule has 1 fully saturated rings. The molecule has 3 heterocycles. The third kappa shape index (κ3) is 3.10. The summed E-state index contributed by atoms with van der Waals surface area (Å²) in [5, 5.41) is 4.80. The molecule has 122 valence electrons. The van der Waals surface area contributed by atoms with Crippen LogP contribution in [0.1, 0.15) is 24.7 Å². The van der Waals surface area contributed by atoms with E-state index in [1.807, 2.05) is 24.3 Å². The van der Waals surface area contributed by atoms with Gasteiger partial charge < -0.3 is 9.42 Å². The van der Waals surface area contributed by atoms with E-state index in [0.717, 1.165) is 37.3 Å². The van der Waals surface area contributed by atoms with Gasteiger partial charge >= 0.3 is 0 Å². The molecule has 1 aliphatic heterocycles. The lowest BCUT2D eigenvalue weighted by atomic mass is 9.98. The van der Waals surface area contributed by atoms with Crippen molar-refractivity contribution in [3.05, 3.63) is 53.8 Å². The fourth-order valence-corrected chi connectivity index (χ4v) is 3.08. The lowest BCUT2D eigenvalue weighted by Crippen LogP contribution is -2.35. The molecular formula is C17H16ClN5O. The van der Waals surface area contributed by atoms with Crippen LogP contribution in [0.2, 0.25) is 5.02 Å². The smallest absolute Gasteiger partial charge is 0.231 e. The van der Waals surface area contributed by atoms with Crippen molar-refractivity contribution in [2.24, 2.45) is 0 Å². The largest absolute Gasteiger partial charge is 0.355 e. The number of nitrogens with zero attached hydrogens (tertiary/aromatic N) is 5. The zero-order valence-electron chi connectivity index (χ0n) is 13.0. The van der Waals surface area contributed by atoms with Crippen molar-refractivity contribution in [2.75, 3.05) is 18.0 Å². The Morgan fingerprint density at radius 2 is 2.04 bits per heavy atom. The van der Waals surface area contributed by atoms with Gasteiger partial charge in [0, 0.05) is 36.1 Å². The lowest BCUT2D eigenvalue weighted by molar-refractivity contribution is 0.333. The van der Waals surface area contributed by atoms with E-state index in [9.17, 15) is 0 Å². The Morgan fingerprint density at radius 3 is 2.83 bits per heavy atom. The van der Waals surface area contributed by atoms with Gasteiger partial charge in [0.05, 0.1) is 12.1 Å². The Hall–Kier alpha value is -2.47. The minimum atomic E-state index is 0.203. The molecule has 1 aromatic carbocycles. The average Bonchev–Trinajstić information content (AvgIpc) is 3.13. The van der Waals surface area contributed by atoms with Crippen molar-refractivity contribution in [2.45, 2.75) is 18.8 Å². The van der Waals surface area contributed by atoms with Crippen LogP contribution in [0, 0.1) is 0 Å². The Bertz CT molecular complexity index is 805. The van der Waals surface area contributed by atoms with Crippen molar-refractivity contribution >= 4 is 17.4 Å². The summed E-state index contributed by atoms with van der Waals surface area (Å²) in [5.41, 5.74) is 0.899. The van der Waals surface area contributed by atoms with Gasteiger partial charge in [-0.15, -0.1) is 0 Å². The highest BCUT2D eigenvalue weighted by Crippen LogP contribution is 2.29. The Morgan fingerprint density at radius 1 is 1.17 bits per heavy atom. The second kappa shape index (κ2) is 6.57. The predicted molar refractivity (Wildman–Crippen MR) is 91.0 cm³/mol. The van der Waals surface area contributed by atoms with Gasteiger partial charge in [0.2, 0.25) is 11.7 Å². The van der Waals surface area contributed by atoms with Gasteiger partial charge in [-0.1, -0.05) is 16.8 Å². The maximum atomic E-state index is 5.92. The molecule has 0 amide bonds. The molecule has 24 heavy (non-hydrogen) atoms. The molecule has 7 heteroatoms. The number of piperidine rings is 1. The van der Waals surface area contributed by atoms with E-state index >= 15 is 0 Å². The van der Waals surface area contributed by atoms with E-state index in [-0.39, 0.29) is 5.92 Å². The van der Waals surface area contributed by atoms with E-state index in [0.29, 0.717) is 16.7 Å². The normalized spacial score (nSPS) is 17.9. The Balaban J connectivity index is 1.52. The Labute approximate surface area is 144 Å². The van der Waals surface area contributed by atoms with Crippen molar-refractivity contribution in [1.82, 2.24) is 20.1 Å². The van der Waals surface area contributed by atoms with Crippen LogP contribution in [-0.2, 0) is 0 Å². The molecule has 3 aromatic rings. The molecule has 0 N–H and O–H groups in total. The summed E-state index contributed by atoms with van der Waals surface area (Å²) < 4.78 is 5.52. The van der Waals surface area contributed by atoms with Crippen LogP contribution < -0.4 is 4.90 Å². The van der Waals surface area contributed by atoms with E-state index < -0.39 is 0 Å². The van der Waals surface area contributed by atoms with Crippen LogP contribution in [0.3, 0.4) is 0 Å². The molecule has 1 saturated heterocycles. The first-order chi connectivity index (χ1) is 11.8. The number of benzene rings is 1. The van der Waals surface area contributed by atoms with Gasteiger partial charge in [0.25, 0.3) is 0 Å². The highest BCUT2D eigenvalue weighted by Gasteiger charge is 2.27. The van der Waals surface area contributed by atoms with Crippen LogP contribution in [0.15, 0.2) is 47.4 Å². The number of rotatable bonds is 3. The van der Waals surface area contributed by atoms with Crippen molar-refractivity contribution in [3.8, 4) is 11.4 Å². The molecule has 0 aliphatic carbocycles. The standard InChI is InChI=1S/C17H16ClN5O/c18-14-5-3-12(4-6-14)16-21-17(24-22-16)13-2-1-9-23(11-13)15-10-19-7-8-20-15/h3-8,10,13H,1-2,9,11H2. The highest BCUT2D eigenvalue weighted by atomic mass is 35.5. The molecule has 0 spiro atoms. The number of hydrogen-bond acceptors (Lipinski definition) is 6. The quantitative estimate of drug-likeness (QED) is 0.725. The number of aromatic nitrogens is 4. The fourth-order valence-electron chi connectivity index (χ4n) is 2.96. The Kier molecular flexibility index (Phi) is 4.13. The molecule has 0 saturated carbocycles. The second-order valence-corrected chi connectivity index (χ2v) is 6.25. The zero-order valence-corrected chi connectivity index (χ0v) is 13.7. The molecular weight excluding hydrogens is 326 g/mol. The molecule has 0 radical (unpaired) electrons. The second-order valence-electron chi connectivity index (χ2n) is 5.81. The highest BCUT2D eigenvalue weighted by molar-refractivity contribution is 6.30. The van der Waals surface area contributed by atoms with Gasteiger partial charge in [0.1, 0.15) is 5.82 Å². The third-order valence-electron chi connectivity index (χ3n) is 4.19. The molecule has 1 atom stereocenters. The van der Waals surface area contributed by atoms with Gasteiger partial charge in [-0.05, 0) is 37.1 Å². The zero-order chi connectivity index (χ0) is 16.4. The topological polar surface area (TPSA) is 67.9 Å². The summed E-state index contributed by atoms with van der Waals surface area (Å²) in [6.07, 6.45) is 7.26. The van der Waals surface area contributed by atoms with E-state index in [1.54, 1.807) is 18.6 Å². The summed E-state index contributed by atoms with van der Waals surface area (Å²) in [6.45, 7) is 1.77. The first-order valence-corrected chi connectivity index (χ1v) is 8.28. The number of halogens is 1. The van der Waals surface area contributed by atoms with Gasteiger partial charge in [0.15, 0.2) is 0 Å². The third-order valence-corrected chi connectivity index (χ3v) is 4.44. The summed E-state index contributed by atoms with van der Waals surface area (Å²) in [4.78, 5) is 15.3. The van der Waals surface area contributed by atoms with Crippen LogP contribution in [-0.4, -0.2) is 33.2 Å². The van der Waals surface area contributed by atoms with Crippen LogP contribution in [0.5, 0.6) is 0 Å². The summed E-state index contributed by atoms with van der Waals surface area (Å²) in [7, 11) is 0. The van der Waals surface area contributed by atoms with Gasteiger partial charge in [-0.2, -0.15) is 4.98 Å². The molecule has 1 unspecified atom stereocenters. The van der Waals surface area contributed by atoms with Crippen molar-refractivity contribution < 1.29 is 4.52 Å². The average molecular weight is 342 g/mol. The predicted octanol–water partition coefficient (Wildman–Crippen LogP) is 3.56. The maximum absolute atomic E-state index is 5.92. The lowest BCUT2D eigenvalue weighted by Gasteiger charge is -2.31. The van der Waals surface area contributed by atoms with Gasteiger partial charge in [-0.25, -0.2) is 4.98 Å². The molecule has 1 aliphatic rings. The summed E-state index contributed by atoms with van der Waals surface area (Å²) in [5.74, 6) is 2.36. The molecule has 2 aromatic heterocycles. The SMILES string of the molecule is Clc1ccc(-c2noc(C3CCCN(c4cnccn4)C3)n2)cc1. The minimum absolute atomic E-state index is 0.203. The van der Waals surface area contributed by atoms with Crippen molar-refractivity contribution in [1.29, 1.82) is 0 Å². The fraction of sp³-hybridized carbons (Fsp3) is 0.294. The number of hydrogen-bond donors (Lipinski definition) is 0. The summed E-state index contributed by atoms with van der Waals surface area (Å²) in [6, 6.07) is 7.43. The minimum Gasteiger partial charge on any atom is -0.355 e. The van der Waals surface area contributed by atoms with Crippen LogP contribution in [0.4, 0.5) is 5.82 Å². The maximum Gasteiger partial charge on any atom is 0.231 e. The van der Waals surface area contributed by atoms with Gasteiger partial charge in [-0.3, -0.25) is 4.98 Å². The molecule has 6 nitrogen and oxygen atoms in total. The van der Waals surface area contributed by atoms with E-state index in [4.69, 9.17) is 16.1 Å². The molecule has 4 rings (SSSR count). The first-order valence-electron chi connectivity index (χ1n) is 7.90.